The first-order valence-electron chi connectivity index (χ1n) is 10.8. The van der Waals surface area contributed by atoms with E-state index in [4.69, 9.17) is 18.9 Å². The number of hydrogen-bond acceptors (Lipinski definition) is 8. The quantitative estimate of drug-likeness (QED) is 0.362. The Morgan fingerprint density at radius 1 is 0.882 bits per heavy atom. The summed E-state index contributed by atoms with van der Waals surface area (Å²) in [5.74, 6) is 3.06. The van der Waals surface area contributed by atoms with E-state index >= 15 is 0 Å². The Hall–Kier alpha value is -3.85. The summed E-state index contributed by atoms with van der Waals surface area (Å²) >= 11 is 1.28. The third-order valence-corrected chi connectivity index (χ3v) is 5.86. The average molecular weight is 480 g/mol. The number of methoxy groups -OCH3 is 2. The maximum atomic E-state index is 12.9. The zero-order valence-corrected chi connectivity index (χ0v) is 20.2. The number of fused-ring (bicyclic) bond motifs is 1. The molecule has 0 unspecified atom stereocenters. The number of thiazole rings is 1. The summed E-state index contributed by atoms with van der Waals surface area (Å²) in [4.78, 5) is 17.9. The van der Waals surface area contributed by atoms with Crippen molar-refractivity contribution in [3.63, 3.8) is 0 Å². The highest BCUT2D eigenvalue weighted by molar-refractivity contribution is 7.15. The molecule has 4 rings (SSSR count). The van der Waals surface area contributed by atoms with Crippen molar-refractivity contribution in [3.05, 3.63) is 68.2 Å². The standard InChI is InChI=1S/C25H25N3O5S/c1-5-32-19-11-8-17(14-21(19)33-6-2)15-22-24(29)28-25(34-22)26-23(27-28)12-9-16-7-10-18(30-3)20(13-16)31-4/h7-15H,5-6H2,1-4H3/b12-9+,22-15-. The lowest BCUT2D eigenvalue weighted by Gasteiger charge is -2.11. The lowest BCUT2D eigenvalue weighted by Crippen LogP contribution is -2.23. The predicted molar refractivity (Wildman–Crippen MR) is 133 cm³/mol. The van der Waals surface area contributed by atoms with Crippen molar-refractivity contribution in [3.8, 4) is 23.0 Å². The molecule has 2 heterocycles. The van der Waals surface area contributed by atoms with E-state index in [1.165, 1.54) is 15.9 Å². The van der Waals surface area contributed by atoms with Gasteiger partial charge in [-0.05, 0) is 61.4 Å². The van der Waals surface area contributed by atoms with Crippen molar-refractivity contribution in [1.82, 2.24) is 14.6 Å². The maximum Gasteiger partial charge on any atom is 0.291 e. The minimum absolute atomic E-state index is 0.217. The number of aromatic nitrogens is 3. The van der Waals surface area contributed by atoms with Gasteiger partial charge < -0.3 is 18.9 Å². The van der Waals surface area contributed by atoms with Gasteiger partial charge in [-0.15, -0.1) is 5.10 Å². The minimum atomic E-state index is -0.217. The van der Waals surface area contributed by atoms with E-state index in [9.17, 15) is 4.79 Å². The van der Waals surface area contributed by atoms with Gasteiger partial charge in [0.05, 0.1) is 32.0 Å². The average Bonchev–Trinajstić information content (AvgIpc) is 3.37. The van der Waals surface area contributed by atoms with Crippen LogP contribution in [0.2, 0.25) is 0 Å². The van der Waals surface area contributed by atoms with Crippen LogP contribution < -0.4 is 29.0 Å². The van der Waals surface area contributed by atoms with E-state index in [1.54, 1.807) is 26.4 Å². The summed E-state index contributed by atoms with van der Waals surface area (Å²) in [5, 5.41) is 4.35. The third kappa shape index (κ3) is 4.89. The molecule has 9 heteroatoms. The van der Waals surface area contributed by atoms with Gasteiger partial charge in [-0.3, -0.25) is 4.79 Å². The van der Waals surface area contributed by atoms with Gasteiger partial charge >= 0.3 is 0 Å². The molecule has 2 aromatic carbocycles. The van der Waals surface area contributed by atoms with Crippen LogP contribution in [0, 0.1) is 0 Å². The number of rotatable bonds is 9. The van der Waals surface area contributed by atoms with Crippen LogP contribution >= 0.6 is 11.3 Å². The fraction of sp³-hybridized carbons (Fsp3) is 0.240. The summed E-state index contributed by atoms with van der Waals surface area (Å²) in [6, 6.07) is 11.2. The monoisotopic (exact) mass is 479 g/mol. The summed E-state index contributed by atoms with van der Waals surface area (Å²) in [6.07, 6.45) is 5.42. The maximum absolute atomic E-state index is 12.9. The molecule has 0 N–H and O–H groups in total. The Bertz CT molecular complexity index is 1440. The normalized spacial score (nSPS) is 11.9. The number of nitrogens with zero attached hydrogens (tertiary/aromatic N) is 3. The first kappa shape index (κ1) is 23.3. The second-order valence-corrected chi connectivity index (χ2v) is 8.11. The molecular formula is C25H25N3O5S. The van der Waals surface area contributed by atoms with Crippen LogP contribution in [0.4, 0.5) is 0 Å². The van der Waals surface area contributed by atoms with Gasteiger partial charge in [0, 0.05) is 0 Å². The van der Waals surface area contributed by atoms with E-state index in [-0.39, 0.29) is 5.56 Å². The molecule has 8 nitrogen and oxygen atoms in total. The summed E-state index contributed by atoms with van der Waals surface area (Å²) in [6.45, 7) is 4.90. The molecule has 34 heavy (non-hydrogen) atoms. The SMILES string of the molecule is CCOc1ccc(/C=c2\sc3nc(/C=C/c4ccc(OC)c(OC)c4)nn3c2=O)cc1OCC. The Labute approximate surface area is 200 Å². The van der Waals surface area contributed by atoms with Crippen molar-refractivity contribution in [2.45, 2.75) is 13.8 Å². The van der Waals surface area contributed by atoms with Crippen molar-refractivity contribution < 1.29 is 18.9 Å². The highest BCUT2D eigenvalue weighted by Crippen LogP contribution is 2.29. The molecule has 0 aliphatic carbocycles. The summed E-state index contributed by atoms with van der Waals surface area (Å²) in [5.41, 5.74) is 1.51. The van der Waals surface area contributed by atoms with Gasteiger partial charge in [-0.2, -0.15) is 9.50 Å². The number of hydrogen-bond donors (Lipinski definition) is 0. The van der Waals surface area contributed by atoms with E-state index in [0.29, 0.717) is 51.5 Å². The molecule has 176 valence electrons. The molecule has 0 spiro atoms. The highest BCUT2D eigenvalue weighted by Gasteiger charge is 2.10. The van der Waals surface area contributed by atoms with Crippen molar-refractivity contribution in [1.29, 1.82) is 0 Å². The molecule has 0 fully saturated rings. The Balaban J connectivity index is 1.61. The van der Waals surface area contributed by atoms with Gasteiger partial charge in [0.25, 0.3) is 5.56 Å². The Morgan fingerprint density at radius 2 is 1.56 bits per heavy atom. The van der Waals surface area contributed by atoms with Crippen molar-refractivity contribution >= 4 is 34.5 Å². The first-order chi connectivity index (χ1) is 16.6. The lowest BCUT2D eigenvalue weighted by molar-refractivity contribution is 0.287. The number of benzene rings is 2. The smallest absolute Gasteiger partial charge is 0.291 e. The van der Waals surface area contributed by atoms with Gasteiger partial charge in [0.1, 0.15) is 0 Å². The molecule has 0 saturated heterocycles. The fourth-order valence-corrected chi connectivity index (χ4v) is 4.27. The van der Waals surface area contributed by atoms with Crippen LogP contribution in [0.25, 0.3) is 23.2 Å². The zero-order chi connectivity index (χ0) is 24.1. The van der Waals surface area contributed by atoms with Crippen LogP contribution in [0.1, 0.15) is 30.8 Å². The van der Waals surface area contributed by atoms with Crippen LogP contribution in [0.3, 0.4) is 0 Å². The highest BCUT2D eigenvalue weighted by atomic mass is 32.1. The molecule has 0 aliphatic heterocycles. The zero-order valence-electron chi connectivity index (χ0n) is 19.4. The molecule has 0 radical (unpaired) electrons. The summed E-state index contributed by atoms with van der Waals surface area (Å²) < 4.78 is 23.7. The molecule has 0 bridgehead atoms. The molecule has 0 atom stereocenters. The van der Waals surface area contributed by atoms with Crippen LogP contribution in [-0.4, -0.2) is 42.0 Å². The van der Waals surface area contributed by atoms with Crippen LogP contribution in [0.5, 0.6) is 23.0 Å². The van der Waals surface area contributed by atoms with E-state index in [0.717, 1.165) is 11.1 Å². The lowest BCUT2D eigenvalue weighted by atomic mass is 10.2. The second kappa shape index (κ2) is 10.4. The molecule has 0 amide bonds. The van der Waals surface area contributed by atoms with Gasteiger partial charge in [0.15, 0.2) is 28.8 Å². The number of ether oxygens (including phenoxy) is 4. The molecule has 4 aromatic rings. The fourth-order valence-electron chi connectivity index (χ4n) is 3.36. The van der Waals surface area contributed by atoms with Gasteiger partial charge in [0.2, 0.25) is 4.96 Å². The largest absolute Gasteiger partial charge is 0.493 e. The van der Waals surface area contributed by atoms with Crippen LogP contribution in [0.15, 0.2) is 41.2 Å². The minimum Gasteiger partial charge on any atom is -0.493 e. The van der Waals surface area contributed by atoms with Crippen molar-refractivity contribution in [2.75, 3.05) is 27.4 Å². The molecular weight excluding hydrogens is 454 g/mol. The van der Waals surface area contributed by atoms with Gasteiger partial charge in [-0.25, -0.2) is 0 Å². The van der Waals surface area contributed by atoms with E-state index < -0.39 is 0 Å². The topological polar surface area (TPSA) is 84.2 Å². The molecule has 2 aromatic heterocycles. The Kier molecular flexibility index (Phi) is 7.12. The van der Waals surface area contributed by atoms with Crippen LogP contribution in [-0.2, 0) is 0 Å². The Morgan fingerprint density at radius 3 is 2.26 bits per heavy atom. The second-order valence-electron chi connectivity index (χ2n) is 7.10. The molecule has 0 aliphatic rings. The third-order valence-electron chi connectivity index (χ3n) is 4.90. The van der Waals surface area contributed by atoms with Crippen molar-refractivity contribution in [2.24, 2.45) is 0 Å². The first-order valence-corrected chi connectivity index (χ1v) is 11.6. The van der Waals surface area contributed by atoms with E-state index in [2.05, 4.69) is 10.1 Å². The molecule has 0 saturated carbocycles. The summed E-state index contributed by atoms with van der Waals surface area (Å²) in [7, 11) is 3.18. The van der Waals surface area contributed by atoms with E-state index in [1.807, 2.05) is 56.3 Å². The van der Waals surface area contributed by atoms with Gasteiger partial charge in [-0.1, -0.05) is 29.5 Å². The predicted octanol–water partition coefficient (Wildman–Crippen LogP) is 3.68.